The Bertz CT molecular complexity index is 1580. The van der Waals surface area contributed by atoms with Crippen molar-refractivity contribution in [2.45, 2.75) is 24.8 Å². The number of halogens is 1. The maximum Gasteiger partial charge on any atom is 0.259 e. The Morgan fingerprint density at radius 2 is 1.62 bits per heavy atom. The molecule has 6 rings (SSSR count). The van der Waals surface area contributed by atoms with Gasteiger partial charge < -0.3 is 10.1 Å². The third-order valence-corrected chi connectivity index (χ3v) is 7.48. The summed E-state index contributed by atoms with van der Waals surface area (Å²) in [6.45, 7) is 0. The molecule has 0 radical (unpaired) electrons. The van der Waals surface area contributed by atoms with Crippen LogP contribution < -0.4 is 15.0 Å². The summed E-state index contributed by atoms with van der Waals surface area (Å²) in [4.78, 5) is 30.1. The van der Waals surface area contributed by atoms with Crippen LogP contribution in [0.3, 0.4) is 0 Å². The Hall–Kier alpha value is -4.71. The minimum Gasteiger partial charge on any atom is -0.497 e. The van der Waals surface area contributed by atoms with Crippen molar-refractivity contribution in [3.63, 3.8) is 0 Å². The van der Waals surface area contributed by atoms with E-state index in [0.29, 0.717) is 29.0 Å². The number of anilines is 2. The lowest BCUT2D eigenvalue weighted by Gasteiger charge is -2.35. The Kier molecular flexibility index (Phi) is 6.45. The van der Waals surface area contributed by atoms with Crippen LogP contribution in [-0.2, 0) is 4.79 Å². The summed E-state index contributed by atoms with van der Waals surface area (Å²) in [5, 5.41) is 3.53. The first kappa shape index (κ1) is 24.6. The van der Waals surface area contributed by atoms with Crippen molar-refractivity contribution < 1.29 is 18.7 Å². The monoisotopic (exact) mass is 518 g/mol. The molecule has 0 fully saturated rings. The number of rotatable bonds is 4. The van der Waals surface area contributed by atoms with E-state index in [2.05, 4.69) is 5.32 Å². The molecule has 4 aromatic rings. The number of fused-ring (bicyclic) bond motifs is 1. The van der Waals surface area contributed by atoms with Crippen molar-refractivity contribution in [3.05, 3.63) is 137 Å². The lowest BCUT2D eigenvalue weighted by atomic mass is 9.78. The molecule has 0 saturated carbocycles. The average molecular weight is 519 g/mol. The van der Waals surface area contributed by atoms with Gasteiger partial charge in [-0.05, 0) is 72.0 Å². The molecule has 194 valence electrons. The summed E-state index contributed by atoms with van der Waals surface area (Å²) in [7, 11) is 1.60. The van der Waals surface area contributed by atoms with E-state index in [1.807, 2.05) is 66.7 Å². The number of hydrogen-bond donors (Lipinski definition) is 1. The predicted octanol–water partition coefficient (Wildman–Crippen LogP) is 7.05. The molecule has 5 nitrogen and oxygen atoms in total. The zero-order valence-corrected chi connectivity index (χ0v) is 21.4. The largest absolute Gasteiger partial charge is 0.497 e. The van der Waals surface area contributed by atoms with Gasteiger partial charge in [0.2, 0.25) is 0 Å². The Balaban J connectivity index is 1.56. The highest BCUT2D eigenvalue weighted by molar-refractivity contribution is 6.12. The molecule has 2 atom stereocenters. The first-order chi connectivity index (χ1) is 19.0. The number of para-hydroxylation sites is 2. The van der Waals surface area contributed by atoms with Gasteiger partial charge in [-0.1, -0.05) is 54.6 Å². The van der Waals surface area contributed by atoms with Gasteiger partial charge in [-0.25, -0.2) is 4.39 Å². The lowest BCUT2D eigenvalue weighted by Crippen LogP contribution is -2.38. The van der Waals surface area contributed by atoms with Gasteiger partial charge in [0.25, 0.3) is 5.91 Å². The smallest absolute Gasteiger partial charge is 0.259 e. The fourth-order valence-electron chi connectivity index (χ4n) is 5.63. The predicted molar refractivity (Wildman–Crippen MR) is 149 cm³/mol. The zero-order valence-electron chi connectivity index (χ0n) is 21.4. The van der Waals surface area contributed by atoms with E-state index in [1.165, 1.54) is 12.1 Å². The van der Waals surface area contributed by atoms with Gasteiger partial charge in [0.05, 0.1) is 24.5 Å². The minimum absolute atomic E-state index is 0.0513. The van der Waals surface area contributed by atoms with E-state index >= 15 is 0 Å². The number of allylic oxidation sites excluding steroid dienone is 1. The van der Waals surface area contributed by atoms with Crippen LogP contribution >= 0.6 is 0 Å². The van der Waals surface area contributed by atoms with Gasteiger partial charge in [0.1, 0.15) is 11.6 Å². The van der Waals surface area contributed by atoms with Crippen LogP contribution in [0.1, 0.15) is 46.3 Å². The SMILES string of the molecule is COc1cccc([C@@H]2C3=C(C[C@H](c4ccc(F)cc4)CC3=O)Nc3ccccc3N2C(=O)c2ccccc2)c1. The van der Waals surface area contributed by atoms with Crippen molar-refractivity contribution in [1.29, 1.82) is 0 Å². The van der Waals surface area contributed by atoms with E-state index in [1.54, 1.807) is 36.3 Å². The summed E-state index contributed by atoms with van der Waals surface area (Å²) in [6.07, 6.45) is 0.811. The van der Waals surface area contributed by atoms with E-state index in [9.17, 15) is 14.0 Å². The highest BCUT2D eigenvalue weighted by Gasteiger charge is 2.42. The number of Topliss-reactive ketones (excluding diaryl/α,β-unsaturated/α-hetero) is 1. The van der Waals surface area contributed by atoms with Gasteiger partial charge in [0, 0.05) is 23.3 Å². The number of nitrogens with one attached hydrogen (secondary N) is 1. The van der Waals surface area contributed by atoms with Crippen molar-refractivity contribution in [2.24, 2.45) is 0 Å². The molecule has 1 N–H and O–H groups in total. The molecule has 6 heteroatoms. The molecule has 1 aliphatic carbocycles. The van der Waals surface area contributed by atoms with Gasteiger partial charge >= 0.3 is 0 Å². The van der Waals surface area contributed by atoms with E-state index < -0.39 is 6.04 Å². The van der Waals surface area contributed by atoms with Crippen LogP contribution in [0.5, 0.6) is 5.75 Å². The molecule has 4 aromatic carbocycles. The molecule has 0 aromatic heterocycles. The van der Waals surface area contributed by atoms with E-state index in [0.717, 1.165) is 22.5 Å². The number of carbonyl (C=O) groups is 2. The van der Waals surface area contributed by atoms with Crippen molar-refractivity contribution in [2.75, 3.05) is 17.3 Å². The van der Waals surface area contributed by atoms with Gasteiger partial charge in [0.15, 0.2) is 5.78 Å². The topological polar surface area (TPSA) is 58.6 Å². The number of amides is 1. The molecule has 0 saturated heterocycles. The fraction of sp³-hybridized carbons (Fsp3) is 0.152. The number of ketones is 1. The molecule has 0 bridgehead atoms. The molecule has 1 aliphatic heterocycles. The number of carbonyl (C=O) groups excluding carboxylic acids is 2. The molecular formula is C33H27FN2O3. The van der Waals surface area contributed by atoms with Crippen molar-refractivity contribution in [1.82, 2.24) is 0 Å². The normalized spacial score (nSPS) is 18.5. The molecule has 0 spiro atoms. The highest BCUT2D eigenvalue weighted by atomic mass is 19.1. The van der Waals surface area contributed by atoms with Crippen molar-refractivity contribution >= 4 is 23.1 Å². The first-order valence-corrected chi connectivity index (χ1v) is 12.9. The van der Waals surface area contributed by atoms with Gasteiger partial charge in [-0.15, -0.1) is 0 Å². The third-order valence-electron chi connectivity index (χ3n) is 7.48. The van der Waals surface area contributed by atoms with Crippen LogP contribution in [0.4, 0.5) is 15.8 Å². The number of benzene rings is 4. The molecule has 2 aliphatic rings. The third kappa shape index (κ3) is 4.59. The number of methoxy groups -OCH3 is 1. The highest BCUT2D eigenvalue weighted by Crippen LogP contribution is 2.48. The Morgan fingerprint density at radius 3 is 2.38 bits per heavy atom. The van der Waals surface area contributed by atoms with Crippen LogP contribution in [0.15, 0.2) is 114 Å². The number of ether oxygens (including phenoxy) is 1. The Labute approximate surface area is 226 Å². The standard InChI is InChI=1S/C33H27FN2O3/c1-39-26-11-7-10-23(18-26)32-31-28(19-24(20-30(31)37)21-14-16-25(34)17-15-21)35-27-12-5-6-13-29(27)36(32)33(38)22-8-3-2-4-9-22/h2-18,24,32,35H,19-20H2,1H3/t24-,32+/m0/s1. The van der Waals surface area contributed by atoms with Crippen LogP contribution in [0.2, 0.25) is 0 Å². The molecular weight excluding hydrogens is 491 g/mol. The van der Waals surface area contributed by atoms with Crippen LogP contribution in [0.25, 0.3) is 0 Å². The summed E-state index contributed by atoms with van der Waals surface area (Å²) in [5.41, 5.74) is 4.96. The molecule has 0 unspecified atom stereocenters. The second-order valence-corrected chi connectivity index (χ2v) is 9.83. The summed E-state index contributed by atoms with van der Waals surface area (Å²) in [6, 6.07) is 29.9. The number of hydrogen-bond acceptors (Lipinski definition) is 4. The second-order valence-electron chi connectivity index (χ2n) is 9.83. The fourth-order valence-corrected chi connectivity index (χ4v) is 5.63. The first-order valence-electron chi connectivity index (χ1n) is 12.9. The second kappa shape index (κ2) is 10.2. The van der Waals surface area contributed by atoms with Gasteiger partial charge in [-0.3, -0.25) is 14.5 Å². The van der Waals surface area contributed by atoms with Gasteiger partial charge in [-0.2, -0.15) is 0 Å². The summed E-state index contributed by atoms with van der Waals surface area (Å²) < 4.78 is 19.2. The van der Waals surface area contributed by atoms with Crippen LogP contribution in [-0.4, -0.2) is 18.8 Å². The maximum absolute atomic E-state index is 14.2. The Morgan fingerprint density at radius 1 is 0.872 bits per heavy atom. The zero-order chi connectivity index (χ0) is 26.9. The van der Waals surface area contributed by atoms with E-state index in [-0.39, 0.29) is 29.8 Å². The maximum atomic E-state index is 14.2. The average Bonchev–Trinajstić information content (AvgIpc) is 3.12. The van der Waals surface area contributed by atoms with Crippen molar-refractivity contribution in [3.8, 4) is 5.75 Å². The number of nitrogens with zero attached hydrogens (tertiary/aromatic N) is 1. The molecule has 39 heavy (non-hydrogen) atoms. The minimum atomic E-state index is -0.680. The summed E-state index contributed by atoms with van der Waals surface area (Å²) in [5.74, 6) is -0.0431. The summed E-state index contributed by atoms with van der Waals surface area (Å²) >= 11 is 0. The molecule has 1 heterocycles. The quantitative estimate of drug-likeness (QED) is 0.315. The lowest BCUT2D eigenvalue weighted by molar-refractivity contribution is -0.116. The van der Waals surface area contributed by atoms with E-state index in [4.69, 9.17) is 4.74 Å². The molecule has 1 amide bonds. The van der Waals surface area contributed by atoms with Crippen LogP contribution in [0, 0.1) is 5.82 Å².